The van der Waals surface area contributed by atoms with Crippen LogP contribution in [0.4, 0.5) is 14.5 Å². The van der Waals surface area contributed by atoms with Crippen molar-refractivity contribution in [3.63, 3.8) is 0 Å². The molecule has 1 fully saturated rings. The van der Waals surface area contributed by atoms with Crippen LogP contribution in [-0.4, -0.2) is 47.1 Å². The average Bonchev–Trinajstić information content (AvgIpc) is 3.04. The Morgan fingerprint density at radius 2 is 1.96 bits per heavy atom. The zero-order chi connectivity index (χ0) is 20.0. The van der Waals surface area contributed by atoms with E-state index in [1.165, 1.54) is 0 Å². The Hall–Kier alpha value is -1.40. The van der Waals surface area contributed by atoms with Crippen molar-refractivity contribution in [1.82, 2.24) is 14.9 Å². The quantitative estimate of drug-likeness (QED) is 0.744. The fourth-order valence-corrected chi connectivity index (χ4v) is 3.88. The Bertz CT molecular complexity index is 818. The van der Waals surface area contributed by atoms with Gasteiger partial charge in [-0.1, -0.05) is 39.3 Å². The highest BCUT2D eigenvalue weighted by Gasteiger charge is 2.49. The van der Waals surface area contributed by atoms with Crippen LogP contribution in [-0.2, 0) is 5.92 Å². The van der Waals surface area contributed by atoms with Crippen LogP contribution in [0, 0.1) is 5.41 Å². The van der Waals surface area contributed by atoms with E-state index in [1.54, 1.807) is 26.8 Å². The Morgan fingerprint density at radius 3 is 2.56 bits per heavy atom. The molecule has 0 bridgehead atoms. The maximum Gasteiger partial charge on any atom is 0.309 e. The van der Waals surface area contributed by atoms with Gasteiger partial charge in [0.15, 0.2) is 5.82 Å². The predicted molar refractivity (Wildman–Crippen MR) is 108 cm³/mol. The predicted octanol–water partition coefficient (Wildman–Crippen LogP) is 5.27. The van der Waals surface area contributed by atoms with Gasteiger partial charge in [0.1, 0.15) is 0 Å². The van der Waals surface area contributed by atoms with Crippen molar-refractivity contribution in [2.75, 3.05) is 31.1 Å². The SMILES string of the molecule is CCN1CCN(c2cc3nc(C(F)(F)C(C)(C)CC)[nH]c3cc2Cl)[C@@H](C)C1. The van der Waals surface area contributed by atoms with E-state index in [0.29, 0.717) is 28.5 Å². The van der Waals surface area contributed by atoms with Gasteiger partial charge in [-0.15, -0.1) is 0 Å². The first-order valence-electron chi connectivity index (χ1n) is 9.67. The molecule has 27 heavy (non-hydrogen) atoms. The summed E-state index contributed by atoms with van der Waals surface area (Å²) in [5, 5.41) is 0.563. The molecule has 4 nitrogen and oxygen atoms in total. The van der Waals surface area contributed by atoms with Crippen LogP contribution in [0.15, 0.2) is 12.1 Å². The maximum absolute atomic E-state index is 14.9. The minimum absolute atomic E-state index is 0.290. The van der Waals surface area contributed by atoms with E-state index < -0.39 is 11.3 Å². The molecule has 150 valence electrons. The largest absolute Gasteiger partial charge is 0.365 e. The van der Waals surface area contributed by atoms with Crippen LogP contribution in [0.5, 0.6) is 0 Å². The van der Waals surface area contributed by atoms with E-state index in [0.717, 1.165) is 31.9 Å². The molecule has 2 aromatic rings. The normalized spacial score (nSPS) is 19.9. The second-order valence-electron chi connectivity index (χ2n) is 8.15. The van der Waals surface area contributed by atoms with E-state index in [4.69, 9.17) is 11.6 Å². The molecule has 0 spiro atoms. The van der Waals surface area contributed by atoms with Gasteiger partial charge < -0.3 is 9.88 Å². The standard InChI is InChI=1S/C20H29ClF2N4/c1-6-19(4,5)20(22,23)18-24-15-10-14(21)17(11-16(15)25-18)27-9-8-26(7-2)12-13(27)3/h10-11,13H,6-9,12H2,1-5H3,(H,24,25)/t13-/m0/s1. The molecule has 1 N–H and O–H groups in total. The fourth-order valence-electron chi connectivity index (χ4n) is 3.61. The van der Waals surface area contributed by atoms with Crippen LogP contribution in [0.3, 0.4) is 0 Å². The number of nitrogens with one attached hydrogen (secondary N) is 1. The third-order valence-electron chi connectivity index (χ3n) is 6.05. The first-order valence-corrected chi connectivity index (χ1v) is 10.0. The summed E-state index contributed by atoms with van der Waals surface area (Å²) in [6, 6.07) is 3.86. The number of hydrogen-bond acceptors (Lipinski definition) is 3. The number of anilines is 1. The highest BCUT2D eigenvalue weighted by Crippen LogP contribution is 2.46. The molecule has 1 aromatic heterocycles. The van der Waals surface area contributed by atoms with Gasteiger partial charge in [-0.2, -0.15) is 8.78 Å². The molecule has 0 saturated carbocycles. The van der Waals surface area contributed by atoms with Gasteiger partial charge in [-0.3, -0.25) is 4.90 Å². The van der Waals surface area contributed by atoms with E-state index in [-0.39, 0.29) is 5.82 Å². The van der Waals surface area contributed by atoms with Gasteiger partial charge in [0.25, 0.3) is 0 Å². The maximum atomic E-state index is 14.9. The molecule has 1 aromatic carbocycles. The number of hydrogen-bond donors (Lipinski definition) is 1. The molecule has 0 radical (unpaired) electrons. The number of aromatic amines is 1. The molecule has 0 unspecified atom stereocenters. The van der Waals surface area contributed by atoms with E-state index in [2.05, 4.69) is 33.6 Å². The van der Waals surface area contributed by atoms with Gasteiger partial charge in [-0.05, 0) is 32.0 Å². The number of benzene rings is 1. The minimum atomic E-state index is -3.05. The Balaban J connectivity index is 1.98. The van der Waals surface area contributed by atoms with Crippen molar-refractivity contribution < 1.29 is 8.78 Å². The van der Waals surface area contributed by atoms with Crippen LogP contribution in [0.2, 0.25) is 5.02 Å². The van der Waals surface area contributed by atoms with Gasteiger partial charge in [0.05, 0.1) is 21.7 Å². The fraction of sp³-hybridized carbons (Fsp3) is 0.650. The molecular weight excluding hydrogens is 370 g/mol. The number of likely N-dealkylation sites (N-methyl/N-ethyl adjacent to an activating group) is 1. The highest BCUT2D eigenvalue weighted by molar-refractivity contribution is 6.34. The van der Waals surface area contributed by atoms with Crippen molar-refractivity contribution in [3.05, 3.63) is 23.0 Å². The van der Waals surface area contributed by atoms with Gasteiger partial charge in [0.2, 0.25) is 0 Å². The number of imidazole rings is 1. The summed E-state index contributed by atoms with van der Waals surface area (Å²) < 4.78 is 29.9. The number of H-pyrrole nitrogens is 1. The van der Waals surface area contributed by atoms with Crippen LogP contribution in [0.25, 0.3) is 11.0 Å². The Morgan fingerprint density at radius 1 is 1.26 bits per heavy atom. The number of piperazine rings is 1. The molecule has 1 aliphatic rings. The summed E-state index contributed by atoms with van der Waals surface area (Å²) in [4.78, 5) is 11.7. The number of halogens is 3. The second-order valence-corrected chi connectivity index (χ2v) is 8.56. The molecule has 1 aliphatic heterocycles. The number of fused-ring (bicyclic) bond motifs is 1. The van der Waals surface area contributed by atoms with Gasteiger partial charge in [-0.25, -0.2) is 4.98 Å². The van der Waals surface area contributed by atoms with Crippen LogP contribution < -0.4 is 4.90 Å². The van der Waals surface area contributed by atoms with Crippen LogP contribution >= 0.6 is 11.6 Å². The summed E-state index contributed by atoms with van der Waals surface area (Å²) in [5.41, 5.74) is 0.758. The summed E-state index contributed by atoms with van der Waals surface area (Å²) in [7, 11) is 0. The average molecular weight is 399 g/mol. The molecule has 1 saturated heterocycles. The van der Waals surface area contributed by atoms with Crippen molar-refractivity contribution in [3.8, 4) is 0 Å². The number of alkyl halides is 2. The van der Waals surface area contributed by atoms with E-state index in [9.17, 15) is 8.78 Å². The van der Waals surface area contributed by atoms with Crippen molar-refractivity contribution in [2.45, 2.75) is 53.0 Å². The van der Waals surface area contributed by atoms with Gasteiger partial charge >= 0.3 is 5.92 Å². The van der Waals surface area contributed by atoms with Crippen LogP contribution in [0.1, 0.15) is 46.9 Å². The lowest BCUT2D eigenvalue weighted by Crippen LogP contribution is -2.51. The third kappa shape index (κ3) is 3.54. The Labute approximate surface area is 164 Å². The molecule has 1 atom stereocenters. The first kappa shape index (κ1) is 20.3. The smallest absolute Gasteiger partial charge is 0.309 e. The zero-order valence-electron chi connectivity index (χ0n) is 16.7. The minimum Gasteiger partial charge on any atom is -0.365 e. The summed E-state index contributed by atoms with van der Waals surface area (Å²) in [6.07, 6.45) is 0.349. The first-order chi connectivity index (χ1) is 12.6. The number of nitrogens with zero attached hydrogens (tertiary/aromatic N) is 3. The molecule has 0 aliphatic carbocycles. The molecule has 2 heterocycles. The lowest BCUT2D eigenvalue weighted by atomic mass is 9.82. The molecule has 0 amide bonds. The number of aromatic nitrogens is 2. The molecule has 7 heteroatoms. The van der Waals surface area contributed by atoms with Crippen molar-refractivity contribution in [1.29, 1.82) is 0 Å². The summed E-state index contributed by atoms with van der Waals surface area (Å²) >= 11 is 6.52. The zero-order valence-corrected chi connectivity index (χ0v) is 17.5. The van der Waals surface area contributed by atoms with E-state index in [1.807, 2.05) is 6.07 Å². The van der Waals surface area contributed by atoms with E-state index >= 15 is 0 Å². The lowest BCUT2D eigenvalue weighted by molar-refractivity contribution is -0.121. The van der Waals surface area contributed by atoms with Crippen molar-refractivity contribution in [2.24, 2.45) is 5.41 Å². The monoisotopic (exact) mass is 398 g/mol. The second kappa shape index (κ2) is 7.21. The summed E-state index contributed by atoms with van der Waals surface area (Å²) in [5.74, 6) is -3.34. The highest BCUT2D eigenvalue weighted by atomic mass is 35.5. The lowest BCUT2D eigenvalue weighted by Gasteiger charge is -2.41. The summed E-state index contributed by atoms with van der Waals surface area (Å²) in [6.45, 7) is 13.0. The molecular formula is C20H29ClF2N4. The van der Waals surface area contributed by atoms with Crippen molar-refractivity contribution >= 4 is 28.3 Å². The number of rotatable bonds is 5. The third-order valence-corrected chi connectivity index (χ3v) is 6.35. The molecule has 3 rings (SSSR count). The topological polar surface area (TPSA) is 35.2 Å². The van der Waals surface area contributed by atoms with Gasteiger partial charge in [0, 0.05) is 31.1 Å². The Kier molecular flexibility index (Phi) is 5.43.